The van der Waals surface area contributed by atoms with Gasteiger partial charge in [-0.3, -0.25) is 4.79 Å². The van der Waals surface area contributed by atoms with Crippen molar-refractivity contribution >= 4 is 16.7 Å². The summed E-state index contributed by atoms with van der Waals surface area (Å²) in [5, 5.41) is 9.17. The zero-order valence-corrected chi connectivity index (χ0v) is 11.7. The van der Waals surface area contributed by atoms with E-state index in [1.54, 1.807) is 11.0 Å². The van der Waals surface area contributed by atoms with Gasteiger partial charge in [-0.15, -0.1) is 0 Å². The second-order valence-electron chi connectivity index (χ2n) is 4.74. The average molecular weight is 280 g/mol. The van der Waals surface area contributed by atoms with Gasteiger partial charge in [-0.05, 0) is 23.3 Å². The van der Waals surface area contributed by atoms with Gasteiger partial charge in [0.05, 0.1) is 0 Å². The van der Waals surface area contributed by atoms with Crippen LogP contribution in [0.15, 0.2) is 55.1 Å². The molecule has 1 unspecified atom stereocenters. The standard InChI is InChI=1S/C16H16N4O/c1-2-18-16(21)15(20-11-17-10-19-20)14-9-5-7-12-6-3-4-8-13(12)14/h3-11,15H,2H2,1H3,(H,18,21). The molecular formula is C16H16N4O. The van der Waals surface area contributed by atoms with Crippen molar-refractivity contribution in [2.75, 3.05) is 6.54 Å². The van der Waals surface area contributed by atoms with Crippen LogP contribution in [0.3, 0.4) is 0 Å². The summed E-state index contributed by atoms with van der Waals surface area (Å²) in [7, 11) is 0. The summed E-state index contributed by atoms with van der Waals surface area (Å²) in [5.41, 5.74) is 0.921. The van der Waals surface area contributed by atoms with Crippen LogP contribution >= 0.6 is 0 Å². The lowest BCUT2D eigenvalue weighted by Gasteiger charge is -2.18. The summed E-state index contributed by atoms with van der Waals surface area (Å²) < 4.78 is 1.59. The van der Waals surface area contributed by atoms with Crippen molar-refractivity contribution in [1.82, 2.24) is 20.1 Å². The molecule has 0 spiro atoms. The van der Waals surface area contributed by atoms with E-state index in [1.165, 1.54) is 6.33 Å². The van der Waals surface area contributed by atoms with Crippen LogP contribution in [-0.4, -0.2) is 27.2 Å². The zero-order valence-electron chi connectivity index (χ0n) is 11.7. The van der Waals surface area contributed by atoms with Crippen molar-refractivity contribution in [2.24, 2.45) is 0 Å². The van der Waals surface area contributed by atoms with Crippen molar-refractivity contribution in [2.45, 2.75) is 13.0 Å². The lowest BCUT2D eigenvalue weighted by Crippen LogP contribution is -2.33. The average Bonchev–Trinajstić information content (AvgIpc) is 3.02. The molecule has 0 bridgehead atoms. The molecule has 5 heteroatoms. The van der Waals surface area contributed by atoms with E-state index in [-0.39, 0.29) is 5.91 Å². The normalized spacial score (nSPS) is 12.2. The van der Waals surface area contributed by atoms with Crippen molar-refractivity contribution in [3.63, 3.8) is 0 Å². The first-order chi connectivity index (χ1) is 10.3. The highest BCUT2D eigenvalue weighted by molar-refractivity contribution is 5.92. The topological polar surface area (TPSA) is 59.8 Å². The molecular weight excluding hydrogens is 264 g/mol. The van der Waals surface area contributed by atoms with E-state index in [0.29, 0.717) is 6.54 Å². The molecule has 1 heterocycles. The van der Waals surface area contributed by atoms with Gasteiger partial charge in [-0.2, -0.15) is 5.10 Å². The molecule has 2 aromatic carbocycles. The van der Waals surface area contributed by atoms with Gasteiger partial charge in [-0.25, -0.2) is 9.67 Å². The molecule has 0 radical (unpaired) electrons. The molecule has 1 aromatic heterocycles. The summed E-state index contributed by atoms with van der Waals surface area (Å²) >= 11 is 0. The van der Waals surface area contributed by atoms with Crippen LogP contribution in [0.4, 0.5) is 0 Å². The molecule has 21 heavy (non-hydrogen) atoms. The number of carbonyl (C=O) groups excluding carboxylic acids is 1. The molecule has 1 amide bonds. The van der Waals surface area contributed by atoms with Gasteiger partial charge in [0.2, 0.25) is 5.91 Å². The maximum Gasteiger partial charge on any atom is 0.249 e. The van der Waals surface area contributed by atoms with Gasteiger partial charge >= 0.3 is 0 Å². The minimum atomic E-state index is -0.515. The van der Waals surface area contributed by atoms with E-state index in [1.807, 2.05) is 49.4 Å². The third-order valence-corrected chi connectivity index (χ3v) is 3.42. The third-order valence-electron chi connectivity index (χ3n) is 3.42. The predicted octanol–water partition coefficient (Wildman–Crippen LogP) is 2.16. The molecule has 0 fully saturated rings. The number of benzene rings is 2. The molecule has 5 nitrogen and oxygen atoms in total. The number of amides is 1. The second-order valence-corrected chi connectivity index (χ2v) is 4.74. The first-order valence-corrected chi connectivity index (χ1v) is 6.90. The molecule has 0 saturated carbocycles. The van der Waals surface area contributed by atoms with E-state index < -0.39 is 6.04 Å². The molecule has 0 aliphatic rings. The zero-order chi connectivity index (χ0) is 14.7. The minimum Gasteiger partial charge on any atom is -0.354 e. The van der Waals surface area contributed by atoms with Gasteiger partial charge in [0.1, 0.15) is 12.7 Å². The van der Waals surface area contributed by atoms with Crippen LogP contribution in [0.2, 0.25) is 0 Å². The molecule has 0 aliphatic carbocycles. The van der Waals surface area contributed by atoms with Crippen molar-refractivity contribution in [3.05, 3.63) is 60.7 Å². The second kappa shape index (κ2) is 5.75. The van der Waals surface area contributed by atoms with Crippen LogP contribution in [-0.2, 0) is 4.79 Å². The van der Waals surface area contributed by atoms with Crippen molar-refractivity contribution in [3.8, 4) is 0 Å². The first-order valence-electron chi connectivity index (χ1n) is 6.90. The Morgan fingerprint density at radius 3 is 2.81 bits per heavy atom. The monoisotopic (exact) mass is 280 g/mol. The van der Waals surface area contributed by atoms with Crippen LogP contribution in [0, 0.1) is 0 Å². The van der Waals surface area contributed by atoms with Gasteiger partial charge < -0.3 is 5.32 Å². The molecule has 1 atom stereocenters. The number of nitrogens with one attached hydrogen (secondary N) is 1. The van der Waals surface area contributed by atoms with E-state index in [2.05, 4.69) is 15.4 Å². The maximum atomic E-state index is 12.5. The highest BCUT2D eigenvalue weighted by Gasteiger charge is 2.24. The fourth-order valence-electron chi connectivity index (χ4n) is 2.51. The number of nitrogens with zero attached hydrogens (tertiary/aromatic N) is 3. The van der Waals surface area contributed by atoms with Gasteiger partial charge in [0, 0.05) is 6.54 Å². The number of fused-ring (bicyclic) bond motifs is 1. The molecule has 3 aromatic rings. The quantitative estimate of drug-likeness (QED) is 0.796. The maximum absolute atomic E-state index is 12.5. The van der Waals surface area contributed by atoms with E-state index in [4.69, 9.17) is 0 Å². The lowest BCUT2D eigenvalue weighted by molar-refractivity contribution is -0.123. The molecule has 0 aliphatic heterocycles. The number of aromatic nitrogens is 3. The molecule has 106 valence electrons. The Balaban J connectivity index is 2.17. The van der Waals surface area contributed by atoms with Gasteiger partial charge in [-0.1, -0.05) is 42.5 Å². The van der Waals surface area contributed by atoms with Gasteiger partial charge in [0.15, 0.2) is 6.04 Å². The third kappa shape index (κ3) is 2.50. The number of hydrogen-bond donors (Lipinski definition) is 1. The largest absolute Gasteiger partial charge is 0.354 e. The van der Waals surface area contributed by atoms with Crippen molar-refractivity contribution in [1.29, 1.82) is 0 Å². The lowest BCUT2D eigenvalue weighted by atomic mass is 9.98. The predicted molar refractivity (Wildman–Crippen MR) is 80.8 cm³/mol. The summed E-state index contributed by atoms with van der Waals surface area (Å²) in [4.78, 5) is 16.4. The van der Waals surface area contributed by atoms with Gasteiger partial charge in [0.25, 0.3) is 0 Å². The van der Waals surface area contributed by atoms with Crippen molar-refractivity contribution < 1.29 is 4.79 Å². The van der Waals surface area contributed by atoms with E-state index in [0.717, 1.165) is 16.3 Å². The van der Waals surface area contributed by atoms with E-state index in [9.17, 15) is 4.79 Å². The number of hydrogen-bond acceptors (Lipinski definition) is 3. The Kier molecular flexibility index (Phi) is 3.64. The van der Waals surface area contributed by atoms with Crippen LogP contribution in [0.25, 0.3) is 10.8 Å². The van der Waals surface area contributed by atoms with Crippen LogP contribution in [0.5, 0.6) is 0 Å². The van der Waals surface area contributed by atoms with Crippen LogP contribution < -0.4 is 5.32 Å². The number of carbonyl (C=O) groups is 1. The Morgan fingerprint density at radius 1 is 1.24 bits per heavy atom. The molecule has 3 rings (SSSR count). The van der Waals surface area contributed by atoms with E-state index >= 15 is 0 Å². The Hall–Kier alpha value is -2.69. The minimum absolute atomic E-state index is 0.0839. The Labute approximate surface area is 122 Å². The smallest absolute Gasteiger partial charge is 0.249 e. The highest BCUT2D eigenvalue weighted by atomic mass is 16.2. The highest BCUT2D eigenvalue weighted by Crippen LogP contribution is 2.26. The number of likely N-dealkylation sites (N-methyl/N-ethyl adjacent to an activating group) is 1. The summed E-state index contributed by atoms with van der Waals surface area (Å²) in [6, 6.07) is 13.5. The summed E-state index contributed by atoms with van der Waals surface area (Å²) in [5.74, 6) is -0.0839. The molecule has 0 saturated heterocycles. The number of rotatable bonds is 4. The Morgan fingerprint density at radius 2 is 2.05 bits per heavy atom. The SMILES string of the molecule is CCNC(=O)C(c1cccc2ccccc12)n1cncn1. The summed E-state index contributed by atoms with van der Waals surface area (Å²) in [6.07, 6.45) is 3.01. The Bertz CT molecular complexity index is 747. The fraction of sp³-hybridized carbons (Fsp3) is 0.188. The fourth-order valence-corrected chi connectivity index (χ4v) is 2.51. The first kappa shape index (κ1) is 13.3. The summed E-state index contributed by atoms with van der Waals surface area (Å²) in [6.45, 7) is 2.48. The van der Waals surface area contributed by atoms with Crippen LogP contribution in [0.1, 0.15) is 18.5 Å². The molecule has 1 N–H and O–H groups in total.